The zero-order valence-electron chi connectivity index (χ0n) is 13.7. The van der Waals surface area contributed by atoms with Crippen LogP contribution in [0.15, 0.2) is 5.51 Å². The van der Waals surface area contributed by atoms with Crippen LogP contribution in [-0.2, 0) is 16.1 Å². The second kappa shape index (κ2) is 6.49. The monoisotopic (exact) mass is 335 g/mol. The number of fused-ring (bicyclic) bond motifs is 1. The van der Waals surface area contributed by atoms with Gasteiger partial charge in [-0.15, -0.1) is 11.3 Å². The summed E-state index contributed by atoms with van der Waals surface area (Å²) < 4.78 is 6.13. The Balaban J connectivity index is 1.53. The molecule has 0 radical (unpaired) electrons. The van der Waals surface area contributed by atoms with Crippen molar-refractivity contribution < 1.29 is 9.53 Å². The summed E-state index contributed by atoms with van der Waals surface area (Å²) in [4.78, 5) is 22.6. The Hall–Kier alpha value is -0.980. The standard InChI is InChI=1S/C17H25N3O2S/c1-12-15(23-11-18-12)10-19-8-13-4-3-7-22-17(13)14(9-19)20-6-2-5-16(20)21/h11,13-14,17H,2-10H2,1H3/t13-,14+,17-/m1/s1. The van der Waals surface area contributed by atoms with Crippen LogP contribution < -0.4 is 0 Å². The van der Waals surface area contributed by atoms with Gasteiger partial charge in [0, 0.05) is 44.1 Å². The first-order valence-corrected chi connectivity index (χ1v) is 9.63. The van der Waals surface area contributed by atoms with Crippen molar-refractivity contribution in [1.29, 1.82) is 0 Å². The van der Waals surface area contributed by atoms with Gasteiger partial charge in [-0.3, -0.25) is 9.69 Å². The minimum Gasteiger partial charge on any atom is -0.376 e. The van der Waals surface area contributed by atoms with E-state index in [0.29, 0.717) is 18.2 Å². The Kier molecular flexibility index (Phi) is 4.39. The fourth-order valence-electron chi connectivity index (χ4n) is 4.37. The molecule has 23 heavy (non-hydrogen) atoms. The minimum absolute atomic E-state index is 0.234. The highest BCUT2D eigenvalue weighted by Gasteiger charge is 2.44. The summed E-state index contributed by atoms with van der Waals surface area (Å²) in [5.74, 6) is 0.878. The number of nitrogens with zero attached hydrogens (tertiary/aromatic N) is 3. The molecule has 3 aliphatic rings. The molecule has 3 saturated heterocycles. The largest absolute Gasteiger partial charge is 0.376 e. The first-order valence-electron chi connectivity index (χ1n) is 8.75. The van der Waals surface area contributed by atoms with Gasteiger partial charge >= 0.3 is 0 Å². The van der Waals surface area contributed by atoms with E-state index < -0.39 is 0 Å². The van der Waals surface area contributed by atoms with Crippen LogP contribution in [-0.4, -0.2) is 59.1 Å². The van der Waals surface area contributed by atoms with Gasteiger partial charge < -0.3 is 9.64 Å². The number of piperidine rings is 1. The Labute approximate surface area is 141 Å². The molecule has 0 saturated carbocycles. The zero-order chi connectivity index (χ0) is 15.8. The summed E-state index contributed by atoms with van der Waals surface area (Å²) in [5.41, 5.74) is 3.08. The molecule has 126 valence electrons. The van der Waals surface area contributed by atoms with Crippen LogP contribution >= 0.6 is 11.3 Å². The molecule has 0 aliphatic carbocycles. The number of carbonyl (C=O) groups is 1. The summed E-state index contributed by atoms with van der Waals surface area (Å²) >= 11 is 1.74. The van der Waals surface area contributed by atoms with Crippen molar-refractivity contribution in [3.8, 4) is 0 Å². The molecule has 4 rings (SSSR count). The lowest BCUT2D eigenvalue weighted by molar-refractivity contribution is -0.145. The van der Waals surface area contributed by atoms with E-state index in [1.54, 1.807) is 11.3 Å². The van der Waals surface area contributed by atoms with Gasteiger partial charge in [0.05, 0.1) is 23.4 Å². The maximum Gasteiger partial charge on any atom is 0.223 e. The summed E-state index contributed by atoms with van der Waals surface area (Å²) in [6.07, 6.45) is 4.32. The third-order valence-corrected chi connectivity index (χ3v) is 6.45. The maximum absolute atomic E-state index is 12.3. The van der Waals surface area contributed by atoms with Gasteiger partial charge in [0.2, 0.25) is 5.91 Å². The molecule has 1 aromatic heterocycles. The van der Waals surface area contributed by atoms with Crippen molar-refractivity contribution in [3.05, 3.63) is 16.1 Å². The molecule has 3 fully saturated rings. The molecule has 4 heterocycles. The lowest BCUT2D eigenvalue weighted by Gasteiger charge is -2.48. The number of ether oxygens (including phenoxy) is 1. The van der Waals surface area contributed by atoms with Gasteiger partial charge in [-0.1, -0.05) is 0 Å². The molecule has 0 N–H and O–H groups in total. The summed E-state index contributed by atoms with van der Waals surface area (Å²) in [6.45, 7) is 6.82. The maximum atomic E-state index is 12.3. The van der Waals surface area contributed by atoms with Gasteiger partial charge in [0.15, 0.2) is 0 Å². The molecular weight excluding hydrogens is 310 g/mol. The molecule has 1 aromatic rings. The van der Waals surface area contributed by atoms with Crippen molar-refractivity contribution >= 4 is 17.2 Å². The molecule has 0 aromatic carbocycles. The Morgan fingerprint density at radius 2 is 2.30 bits per heavy atom. The van der Waals surface area contributed by atoms with Crippen molar-refractivity contribution in [3.63, 3.8) is 0 Å². The number of hydrogen-bond acceptors (Lipinski definition) is 5. The average molecular weight is 335 g/mol. The van der Waals surface area contributed by atoms with Crippen LogP contribution in [0.3, 0.4) is 0 Å². The molecule has 5 nitrogen and oxygen atoms in total. The van der Waals surface area contributed by atoms with E-state index in [1.165, 1.54) is 11.3 Å². The molecule has 6 heteroatoms. The van der Waals surface area contributed by atoms with Crippen LogP contribution in [0.4, 0.5) is 0 Å². The molecule has 0 spiro atoms. The molecule has 3 atom stereocenters. The van der Waals surface area contributed by atoms with Gasteiger partial charge in [0.1, 0.15) is 0 Å². The first kappa shape index (κ1) is 15.5. The predicted octanol–water partition coefficient (Wildman–Crippen LogP) is 2.05. The molecule has 0 bridgehead atoms. The number of carbonyl (C=O) groups excluding carboxylic acids is 1. The third-order valence-electron chi connectivity index (χ3n) is 5.53. The van der Waals surface area contributed by atoms with E-state index in [0.717, 1.165) is 51.3 Å². The number of thiazole rings is 1. The second-order valence-corrected chi connectivity index (χ2v) is 7.99. The highest BCUT2D eigenvalue weighted by molar-refractivity contribution is 7.09. The topological polar surface area (TPSA) is 45.7 Å². The number of aromatic nitrogens is 1. The van der Waals surface area contributed by atoms with Crippen LogP contribution in [0, 0.1) is 12.8 Å². The van der Waals surface area contributed by atoms with E-state index in [1.807, 2.05) is 5.51 Å². The fourth-order valence-corrected chi connectivity index (χ4v) is 5.18. The number of likely N-dealkylation sites (tertiary alicyclic amines) is 2. The highest BCUT2D eigenvalue weighted by atomic mass is 32.1. The number of rotatable bonds is 3. The van der Waals surface area contributed by atoms with Gasteiger partial charge in [0.25, 0.3) is 0 Å². The fraction of sp³-hybridized carbons (Fsp3) is 0.765. The van der Waals surface area contributed by atoms with Crippen molar-refractivity contribution in [2.75, 3.05) is 26.2 Å². The van der Waals surface area contributed by atoms with Gasteiger partial charge in [-0.2, -0.15) is 0 Å². The van der Waals surface area contributed by atoms with E-state index in [2.05, 4.69) is 21.7 Å². The van der Waals surface area contributed by atoms with Crippen LogP contribution in [0.5, 0.6) is 0 Å². The van der Waals surface area contributed by atoms with E-state index in [-0.39, 0.29) is 12.1 Å². The third kappa shape index (κ3) is 3.04. The van der Waals surface area contributed by atoms with E-state index in [9.17, 15) is 4.79 Å². The van der Waals surface area contributed by atoms with Crippen LogP contribution in [0.1, 0.15) is 36.3 Å². The predicted molar refractivity (Wildman–Crippen MR) is 89.3 cm³/mol. The first-order chi connectivity index (χ1) is 11.2. The molecule has 3 aliphatic heterocycles. The molecule has 1 amide bonds. The quantitative estimate of drug-likeness (QED) is 0.848. The highest BCUT2D eigenvalue weighted by Crippen LogP contribution is 2.33. The average Bonchev–Trinajstić information content (AvgIpc) is 3.15. The number of aryl methyl sites for hydroxylation is 1. The van der Waals surface area contributed by atoms with Gasteiger partial charge in [-0.05, 0) is 32.1 Å². The Morgan fingerprint density at radius 1 is 1.39 bits per heavy atom. The number of amides is 1. The van der Waals surface area contributed by atoms with Gasteiger partial charge in [-0.25, -0.2) is 4.98 Å². The molecule has 0 unspecified atom stereocenters. The summed E-state index contributed by atoms with van der Waals surface area (Å²) in [7, 11) is 0. The van der Waals surface area contributed by atoms with Crippen molar-refractivity contribution in [1.82, 2.24) is 14.8 Å². The SMILES string of the molecule is Cc1ncsc1CN1C[C@H]2CCCO[C@H]2[C@@H](N2CCCC2=O)C1. The normalized spacial score (nSPS) is 32.3. The van der Waals surface area contributed by atoms with E-state index >= 15 is 0 Å². The number of hydrogen-bond donors (Lipinski definition) is 0. The van der Waals surface area contributed by atoms with Crippen molar-refractivity contribution in [2.45, 2.75) is 51.3 Å². The lowest BCUT2D eigenvalue weighted by Crippen LogP contribution is -2.61. The van der Waals surface area contributed by atoms with Crippen LogP contribution in [0.2, 0.25) is 0 Å². The Bertz CT molecular complexity index is 576. The minimum atomic E-state index is 0.234. The van der Waals surface area contributed by atoms with Crippen molar-refractivity contribution in [2.24, 2.45) is 5.92 Å². The lowest BCUT2D eigenvalue weighted by atomic mass is 9.84. The summed E-state index contributed by atoms with van der Waals surface area (Å²) in [6, 6.07) is 0.234. The Morgan fingerprint density at radius 3 is 3.04 bits per heavy atom. The smallest absolute Gasteiger partial charge is 0.223 e. The summed E-state index contributed by atoms with van der Waals surface area (Å²) in [5, 5.41) is 0. The van der Waals surface area contributed by atoms with E-state index in [4.69, 9.17) is 4.74 Å². The second-order valence-electron chi connectivity index (χ2n) is 7.05. The molecular formula is C17H25N3O2S. The van der Waals surface area contributed by atoms with Crippen LogP contribution in [0.25, 0.3) is 0 Å². The zero-order valence-corrected chi connectivity index (χ0v) is 14.6.